The van der Waals surface area contributed by atoms with Gasteiger partial charge in [-0.2, -0.15) is 5.10 Å². The minimum atomic E-state index is -0.812. The molecule has 0 saturated heterocycles. The Morgan fingerprint density at radius 3 is 2.48 bits per heavy atom. The van der Waals surface area contributed by atoms with Crippen LogP contribution in [0.1, 0.15) is 53.0 Å². The molecule has 1 aromatic heterocycles. The minimum absolute atomic E-state index is 0.0354. The molecule has 1 heterocycles. The van der Waals surface area contributed by atoms with Crippen LogP contribution in [0.5, 0.6) is 0 Å². The van der Waals surface area contributed by atoms with Crippen molar-refractivity contribution in [3.05, 3.63) is 46.8 Å². The Morgan fingerprint density at radius 2 is 1.92 bits per heavy atom. The van der Waals surface area contributed by atoms with Gasteiger partial charge in [-0.25, -0.2) is 4.68 Å². The summed E-state index contributed by atoms with van der Waals surface area (Å²) in [6, 6.07) is 7.67. The molecule has 0 aliphatic heterocycles. The molecule has 2 N–H and O–H groups in total. The number of nitrogens with one attached hydrogen (secondary N) is 1. The number of carboxylic acid groups (broad SMARTS) is 1. The quantitative estimate of drug-likeness (QED) is 0.846. The van der Waals surface area contributed by atoms with Gasteiger partial charge in [-0.05, 0) is 69.4 Å². The number of hydrogen-bond donors (Lipinski definition) is 2. The number of aryl methyl sites for hydroxylation is 1. The number of hydrogen-bond acceptors (Lipinski definition) is 3. The van der Waals surface area contributed by atoms with E-state index in [4.69, 9.17) is 5.11 Å². The molecule has 1 aliphatic carbocycles. The molecule has 6 heteroatoms. The third kappa shape index (κ3) is 3.73. The van der Waals surface area contributed by atoms with E-state index >= 15 is 0 Å². The lowest BCUT2D eigenvalue weighted by Crippen LogP contribution is -2.39. The molecule has 0 spiro atoms. The lowest BCUT2D eigenvalue weighted by atomic mass is 9.93. The Balaban J connectivity index is 1.76. The summed E-state index contributed by atoms with van der Waals surface area (Å²) in [5, 5.41) is 16.4. The van der Waals surface area contributed by atoms with Crippen molar-refractivity contribution >= 4 is 11.9 Å². The third-order valence-corrected chi connectivity index (χ3v) is 4.84. The molecule has 2 aromatic rings. The summed E-state index contributed by atoms with van der Waals surface area (Å²) in [5.41, 5.74) is 4.25. The van der Waals surface area contributed by atoms with Crippen molar-refractivity contribution in [2.24, 2.45) is 0 Å². The highest BCUT2D eigenvalue weighted by molar-refractivity contribution is 5.94. The summed E-state index contributed by atoms with van der Waals surface area (Å²) in [5.74, 6) is -0.847. The first kappa shape index (κ1) is 17.2. The van der Waals surface area contributed by atoms with Crippen LogP contribution >= 0.6 is 0 Å². The van der Waals surface area contributed by atoms with E-state index in [2.05, 4.69) is 10.4 Å². The number of aromatic nitrogens is 2. The topological polar surface area (TPSA) is 84.2 Å². The molecule has 1 saturated carbocycles. The molecule has 0 unspecified atom stereocenters. The Labute approximate surface area is 146 Å². The standard InChI is InChI=1S/C19H23N3O3/c1-12-17(10-11-18(23)24)13(2)22(21-12)16-8-6-14(7-9-16)19(25)20-15-4-3-5-15/h6-9,15H,3-5,10-11H2,1-2H3,(H,20,25)(H,23,24). The second-order valence-corrected chi connectivity index (χ2v) is 6.60. The van der Waals surface area contributed by atoms with Crippen LogP contribution < -0.4 is 5.32 Å². The van der Waals surface area contributed by atoms with Gasteiger partial charge in [0.15, 0.2) is 0 Å². The van der Waals surface area contributed by atoms with Gasteiger partial charge in [-0.15, -0.1) is 0 Å². The fraction of sp³-hybridized carbons (Fsp3) is 0.421. The van der Waals surface area contributed by atoms with Crippen molar-refractivity contribution in [3.63, 3.8) is 0 Å². The summed E-state index contributed by atoms with van der Waals surface area (Å²) in [6.45, 7) is 3.83. The Hall–Kier alpha value is -2.63. The van der Waals surface area contributed by atoms with Gasteiger partial charge in [0.1, 0.15) is 0 Å². The summed E-state index contributed by atoms with van der Waals surface area (Å²) >= 11 is 0. The maximum Gasteiger partial charge on any atom is 0.303 e. The van der Waals surface area contributed by atoms with Crippen molar-refractivity contribution in [3.8, 4) is 5.69 Å². The van der Waals surface area contributed by atoms with Gasteiger partial charge >= 0.3 is 5.97 Å². The van der Waals surface area contributed by atoms with Crippen molar-refractivity contribution in [1.82, 2.24) is 15.1 Å². The van der Waals surface area contributed by atoms with E-state index in [-0.39, 0.29) is 12.3 Å². The SMILES string of the molecule is Cc1nn(-c2ccc(C(=O)NC3CCC3)cc2)c(C)c1CCC(=O)O. The molecular formula is C19H23N3O3. The molecule has 25 heavy (non-hydrogen) atoms. The predicted molar refractivity (Wildman–Crippen MR) is 94.1 cm³/mol. The van der Waals surface area contributed by atoms with Gasteiger partial charge in [0, 0.05) is 23.7 Å². The van der Waals surface area contributed by atoms with Crippen LogP contribution in [0.15, 0.2) is 24.3 Å². The van der Waals surface area contributed by atoms with E-state index < -0.39 is 5.97 Å². The van der Waals surface area contributed by atoms with Crippen molar-refractivity contribution in [2.45, 2.75) is 52.0 Å². The van der Waals surface area contributed by atoms with Crippen molar-refractivity contribution < 1.29 is 14.7 Å². The highest BCUT2D eigenvalue weighted by atomic mass is 16.4. The zero-order valence-corrected chi connectivity index (χ0v) is 14.6. The molecule has 1 aliphatic rings. The molecule has 0 atom stereocenters. The number of benzene rings is 1. The first-order valence-corrected chi connectivity index (χ1v) is 8.64. The second-order valence-electron chi connectivity index (χ2n) is 6.60. The number of carbonyl (C=O) groups excluding carboxylic acids is 1. The van der Waals surface area contributed by atoms with Gasteiger partial charge < -0.3 is 10.4 Å². The fourth-order valence-corrected chi connectivity index (χ4v) is 3.10. The number of carboxylic acids is 1. The van der Waals surface area contributed by atoms with E-state index in [9.17, 15) is 9.59 Å². The van der Waals surface area contributed by atoms with Crippen LogP contribution in [0, 0.1) is 13.8 Å². The van der Waals surface area contributed by atoms with Crippen molar-refractivity contribution in [1.29, 1.82) is 0 Å². The van der Waals surface area contributed by atoms with Crippen LogP contribution in [0.3, 0.4) is 0 Å². The molecule has 6 nitrogen and oxygen atoms in total. The van der Waals surface area contributed by atoms with E-state index in [0.29, 0.717) is 18.0 Å². The zero-order chi connectivity index (χ0) is 18.0. The predicted octanol–water partition coefficient (Wildman–Crippen LogP) is 2.79. The molecule has 0 radical (unpaired) electrons. The molecule has 1 fully saturated rings. The fourth-order valence-electron chi connectivity index (χ4n) is 3.10. The van der Waals surface area contributed by atoms with Crippen LogP contribution in [0.25, 0.3) is 5.69 Å². The first-order valence-electron chi connectivity index (χ1n) is 8.64. The molecular weight excluding hydrogens is 318 g/mol. The van der Waals surface area contributed by atoms with Crippen LogP contribution in [0.4, 0.5) is 0 Å². The number of rotatable bonds is 6. The third-order valence-electron chi connectivity index (χ3n) is 4.84. The van der Waals surface area contributed by atoms with Crippen molar-refractivity contribution in [2.75, 3.05) is 0 Å². The smallest absolute Gasteiger partial charge is 0.303 e. The summed E-state index contributed by atoms with van der Waals surface area (Å²) < 4.78 is 1.81. The lowest BCUT2D eigenvalue weighted by Gasteiger charge is -2.26. The minimum Gasteiger partial charge on any atom is -0.481 e. The van der Waals surface area contributed by atoms with Crippen LogP contribution in [-0.2, 0) is 11.2 Å². The summed E-state index contributed by atoms with van der Waals surface area (Å²) in [7, 11) is 0. The number of aliphatic carboxylic acids is 1. The lowest BCUT2D eigenvalue weighted by molar-refractivity contribution is -0.136. The van der Waals surface area contributed by atoms with Gasteiger partial charge in [-0.3, -0.25) is 9.59 Å². The average molecular weight is 341 g/mol. The van der Waals surface area contributed by atoms with Gasteiger partial charge in [0.25, 0.3) is 5.91 Å². The number of nitrogens with zero attached hydrogens (tertiary/aromatic N) is 2. The van der Waals surface area contributed by atoms with E-state index in [1.807, 2.05) is 26.0 Å². The Kier molecular flexibility index (Phi) is 4.88. The van der Waals surface area contributed by atoms with E-state index in [1.54, 1.807) is 16.8 Å². The molecule has 1 aromatic carbocycles. The summed E-state index contributed by atoms with van der Waals surface area (Å²) in [4.78, 5) is 23.0. The molecule has 0 bridgehead atoms. The maximum absolute atomic E-state index is 12.2. The van der Waals surface area contributed by atoms with E-state index in [1.165, 1.54) is 6.42 Å². The van der Waals surface area contributed by atoms with Gasteiger partial charge in [0.05, 0.1) is 11.4 Å². The Morgan fingerprint density at radius 1 is 1.24 bits per heavy atom. The first-order chi connectivity index (χ1) is 12.0. The molecule has 3 rings (SSSR count). The largest absolute Gasteiger partial charge is 0.481 e. The average Bonchev–Trinajstić information content (AvgIpc) is 2.83. The van der Waals surface area contributed by atoms with Gasteiger partial charge in [0.2, 0.25) is 0 Å². The van der Waals surface area contributed by atoms with Gasteiger partial charge in [-0.1, -0.05) is 0 Å². The molecule has 1 amide bonds. The normalized spacial score (nSPS) is 14.2. The number of amides is 1. The zero-order valence-electron chi connectivity index (χ0n) is 14.6. The van der Waals surface area contributed by atoms with Crippen LogP contribution in [0.2, 0.25) is 0 Å². The number of carbonyl (C=O) groups is 2. The summed E-state index contributed by atoms with van der Waals surface area (Å²) in [6.07, 6.45) is 3.87. The van der Waals surface area contributed by atoms with E-state index in [0.717, 1.165) is 35.5 Å². The monoisotopic (exact) mass is 341 g/mol. The van der Waals surface area contributed by atoms with Crippen LogP contribution in [-0.4, -0.2) is 32.8 Å². The molecule has 132 valence electrons. The highest BCUT2D eigenvalue weighted by Gasteiger charge is 2.20. The highest BCUT2D eigenvalue weighted by Crippen LogP contribution is 2.21. The second kappa shape index (κ2) is 7.09. The Bertz CT molecular complexity index is 789. The maximum atomic E-state index is 12.2.